The number of pyridine rings is 1. The fraction of sp³-hybridized carbons (Fsp3) is 0.706. The highest BCUT2D eigenvalue weighted by Gasteiger charge is 2.68. The zero-order chi connectivity index (χ0) is 16.4. The molecule has 1 aromatic heterocycles. The number of ether oxygens (including phenoxy) is 2. The molecule has 5 nitrogen and oxygen atoms in total. The van der Waals surface area contributed by atoms with Gasteiger partial charge in [-0.1, -0.05) is 19.9 Å². The molecule has 6 heteroatoms. The van der Waals surface area contributed by atoms with E-state index < -0.39 is 7.12 Å². The summed E-state index contributed by atoms with van der Waals surface area (Å²) < 4.78 is 23.3. The molecular weight excluding hydrogens is 293 g/mol. The molecule has 2 heterocycles. The van der Waals surface area contributed by atoms with Crippen LogP contribution in [0.5, 0.6) is 11.8 Å². The number of rotatable bonds is 3. The molecule has 2 bridgehead atoms. The Morgan fingerprint density at radius 3 is 2.61 bits per heavy atom. The van der Waals surface area contributed by atoms with Gasteiger partial charge >= 0.3 is 7.12 Å². The van der Waals surface area contributed by atoms with Crippen molar-refractivity contribution in [1.29, 1.82) is 0 Å². The zero-order valence-corrected chi connectivity index (χ0v) is 14.5. The number of hydrogen-bond acceptors (Lipinski definition) is 5. The van der Waals surface area contributed by atoms with Crippen LogP contribution in [0.1, 0.15) is 33.6 Å². The Kier molecular flexibility index (Phi) is 3.23. The van der Waals surface area contributed by atoms with Crippen molar-refractivity contribution in [1.82, 2.24) is 4.98 Å². The highest BCUT2D eigenvalue weighted by molar-refractivity contribution is 6.63. The first-order valence-corrected chi connectivity index (χ1v) is 8.32. The second-order valence-electron chi connectivity index (χ2n) is 7.75. The van der Waals surface area contributed by atoms with Crippen LogP contribution < -0.4 is 14.9 Å². The van der Waals surface area contributed by atoms with E-state index in [1.54, 1.807) is 14.2 Å². The van der Waals surface area contributed by atoms with E-state index >= 15 is 0 Å². The summed E-state index contributed by atoms with van der Waals surface area (Å²) in [6.07, 6.45) is 2.47. The molecule has 4 fully saturated rings. The van der Waals surface area contributed by atoms with Gasteiger partial charge in [0.25, 0.3) is 0 Å². The molecule has 0 amide bonds. The van der Waals surface area contributed by atoms with Crippen LogP contribution in [0.15, 0.2) is 12.1 Å². The minimum absolute atomic E-state index is 0.149. The van der Waals surface area contributed by atoms with Crippen molar-refractivity contribution in [2.45, 2.75) is 45.3 Å². The molecule has 0 radical (unpaired) electrons. The first-order valence-electron chi connectivity index (χ1n) is 8.32. The Balaban J connectivity index is 1.64. The standard InChI is InChI=1S/C17H24BNO4/c1-16(2)10-8-12(16)17(3)13(9-10)22-18(23-17)11-6-7-14(20-4)19-15(11)21-5/h6-7,10,12-13H,8-9H2,1-5H3. The van der Waals surface area contributed by atoms with Crippen LogP contribution in [0.2, 0.25) is 0 Å². The summed E-state index contributed by atoms with van der Waals surface area (Å²) in [7, 11) is 2.78. The third-order valence-electron chi connectivity index (χ3n) is 6.47. The van der Waals surface area contributed by atoms with Gasteiger partial charge in [0.05, 0.1) is 25.9 Å². The third-order valence-corrected chi connectivity index (χ3v) is 6.47. The van der Waals surface area contributed by atoms with Gasteiger partial charge in [0, 0.05) is 11.5 Å². The normalized spacial score (nSPS) is 37.1. The van der Waals surface area contributed by atoms with E-state index in [1.165, 1.54) is 6.42 Å². The summed E-state index contributed by atoms with van der Waals surface area (Å²) >= 11 is 0. The third kappa shape index (κ3) is 1.97. The number of nitrogens with zero attached hydrogens (tertiary/aromatic N) is 1. The summed E-state index contributed by atoms with van der Waals surface area (Å²) in [5, 5.41) is 0. The molecule has 3 saturated carbocycles. The Bertz CT molecular complexity index is 637. The fourth-order valence-corrected chi connectivity index (χ4v) is 4.89. The molecule has 0 aromatic carbocycles. The highest BCUT2D eigenvalue weighted by Crippen LogP contribution is 2.65. The average Bonchev–Trinajstić information content (AvgIpc) is 2.90. The van der Waals surface area contributed by atoms with Gasteiger partial charge in [-0.25, -0.2) is 0 Å². The van der Waals surface area contributed by atoms with Crippen LogP contribution >= 0.6 is 0 Å². The quantitative estimate of drug-likeness (QED) is 0.799. The van der Waals surface area contributed by atoms with Crippen LogP contribution in [0, 0.1) is 17.3 Å². The van der Waals surface area contributed by atoms with Gasteiger partial charge in [0.1, 0.15) is 0 Å². The van der Waals surface area contributed by atoms with Crippen molar-refractivity contribution in [3.05, 3.63) is 12.1 Å². The molecule has 0 N–H and O–H groups in total. The second-order valence-corrected chi connectivity index (χ2v) is 7.75. The summed E-state index contributed by atoms with van der Waals surface area (Å²) in [6, 6.07) is 3.74. The molecule has 1 aliphatic heterocycles. The maximum Gasteiger partial charge on any atom is 0.500 e. The lowest BCUT2D eigenvalue weighted by Crippen LogP contribution is -2.65. The molecule has 3 aliphatic carbocycles. The first-order chi connectivity index (χ1) is 10.9. The van der Waals surface area contributed by atoms with Crippen molar-refractivity contribution >= 4 is 12.6 Å². The van der Waals surface area contributed by atoms with E-state index in [0.717, 1.165) is 17.8 Å². The predicted molar refractivity (Wildman–Crippen MR) is 87.1 cm³/mol. The van der Waals surface area contributed by atoms with E-state index in [9.17, 15) is 0 Å². The number of methoxy groups -OCH3 is 2. The van der Waals surface area contributed by atoms with Gasteiger partial charge in [-0.05, 0) is 37.0 Å². The highest BCUT2D eigenvalue weighted by atomic mass is 16.7. The average molecular weight is 317 g/mol. The SMILES string of the molecule is COc1ccc(B2OC3CC4CC(C4(C)C)C3(C)O2)c(OC)n1. The number of aromatic nitrogens is 1. The van der Waals surface area contributed by atoms with Gasteiger partial charge < -0.3 is 18.8 Å². The molecule has 124 valence electrons. The van der Waals surface area contributed by atoms with Gasteiger partial charge in [-0.3, -0.25) is 0 Å². The summed E-state index contributed by atoms with van der Waals surface area (Å²) in [5.74, 6) is 2.31. The maximum atomic E-state index is 6.46. The van der Waals surface area contributed by atoms with Crippen molar-refractivity contribution in [2.24, 2.45) is 17.3 Å². The fourth-order valence-electron chi connectivity index (χ4n) is 4.89. The van der Waals surface area contributed by atoms with E-state index in [4.69, 9.17) is 18.8 Å². The molecule has 4 unspecified atom stereocenters. The van der Waals surface area contributed by atoms with E-state index in [-0.39, 0.29) is 11.7 Å². The zero-order valence-electron chi connectivity index (χ0n) is 14.5. The monoisotopic (exact) mass is 317 g/mol. The Morgan fingerprint density at radius 2 is 1.96 bits per heavy atom. The van der Waals surface area contributed by atoms with Crippen LogP contribution in [0.3, 0.4) is 0 Å². The van der Waals surface area contributed by atoms with E-state index in [2.05, 4.69) is 25.8 Å². The summed E-state index contributed by atoms with van der Waals surface area (Å²) in [4.78, 5) is 4.35. The minimum Gasteiger partial charge on any atom is -0.481 e. The molecule has 23 heavy (non-hydrogen) atoms. The summed E-state index contributed by atoms with van der Waals surface area (Å²) in [6.45, 7) is 6.93. The molecule has 4 atom stereocenters. The maximum absolute atomic E-state index is 6.46. The Morgan fingerprint density at radius 1 is 1.17 bits per heavy atom. The lowest BCUT2D eigenvalue weighted by atomic mass is 9.43. The largest absolute Gasteiger partial charge is 0.500 e. The van der Waals surface area contributed by atoms with Crippen molar-refractivity contribution in [3.8, 4) is 11.8 Å². The molecule has 0 spiro atoms. The molecule has 5 rings (SSSR count). The van der Waals surface area contributed by atoms with Gasteiger partial charge in [0.2, 0.25) is 11.8 Å². The lowest BCUT2D eigenvalue weighted by molar-refractivity contribution is -0.199. The van der Waals surface area contributed by atoms with Crippen molar-refractivity contribution in [3.63, 3.8) is 0 Å². The summed E-state index contributed by atoms with van der Waals surface area (Å²) in [5.41, 5.74) is 0.943. The molecular formula is C17H24BNO4. The second kappa shape index (κ2) is 4.87. The lowest BCUT2D eigenvalue weighted by Gasteiger charge is -2.64. The molecule has 1 saturated heterocycles. The topological polar surface area (TPSA) is 49.8 Å². The minimum atomic E-state index is -0.423. The van der Waals surface area contributed by atoms with Crippen LogP contribution in [-0.2, 0) is 9.31 Å². The van der Waals surface area contributed by atoms with E-state index in [0.29, 0.717) is 23.1 Å². The Hall–Kier alpha value is -1.27. The molecule has 4 aliphatic rings. The smallest absolute Gasteiger partial charge is 0.481 e. The van der Waals surface area contributed by atoms with Gasteiger partial charge in [0.15, 0.2) is 0 Å². The van der Waals surface area contributed by atoms with E-state index in [1.807, 2.05) is 12.1 Å². The predicted octanol–water partition coefficient (Wildman–Crippen LogP) is 2.03. The van der Waals surface area contributed by atoms with Crippen molar-refractivity contribution in [2.75, 3.05) is 14.2 Å². The van der Waals surface area contributed by atoms with Gasteiger partial charge in [-0.15, -0.1) is 0 Å². The Labute approximate surface area is 137 Å². The number of hydrogen-bond donors (Lipinski definition) is 0. The van der Waals surface area contributed by atoms with Crippen LogP contribution in [0.4, 0.5) is 0 Å². The molecule has 1 aromatic rings. The first kappa shape index (κ1) is 15.3. The van der Waals surface area contributed by atoms with Gasteiger partial charge in [-0.2, -0.15) is 4.98 Å². The van der Waals surface area contributed by atoms with Crippen LogP contribution in [0.25, 0.3) is 0 Å². The van der Waals surface area contributed by atoms with Crippen LogP contribution in [-0.4, -0.2) is 38.0 Å². The van der Waals surface area contributed by atoms with Crippen molar-refractivity contribution < 1.29 is 18.8 Å².